The molecule has 0 spiro atoms. The summed E-state index contributed by atoms with van der Waals surface area (Å²) in [6.07, 6.45) is 9.85. The molecule has 1 saturated carbocycles. The van der Waals surface area contributed by atoms with Gasteiger partial charge < -0.3 is 10.0 Å². The van der Waals surface area contributed by atoms with Gasteiger partial charge in [0.1, 0.15) is 5.54 Å². The third kappa shape index (κ3) is 4.43. The van der Waals surface area contributed by atoms with Gasteiger partial charge in [-0.3, -0.25) is 10.1 Å². The van der Waals surface area contributed by atoms with Gasteiger partial charge in [-0.1, -0.05) is 25.7 Å². The Labute approximate surface area is 129 Å². The maximum absolute atomic E-state index is 12.0. The van der Waals surface area contributed by atoms with E-state index in [1.807, 2.05) is 0 Å². The van der Waals surface area contributed by atoms with E-state index >= 15 is 0 Å². The van der Waals surface area contributed by atoms with Crippen molar-refractivity contribution < 1.29 is 9.90 Å². The number of rotatable bonds is 4. The zero-order chi connectivity index (χ0) is 15.3. The Balaban J connectivity index is 2.03. The number of nitrogens with zero attached hydrogens (tertiary/aromatic N) is 1. The molecule has 0 radical (unpaired) electrons. The Bertz CT molecular complexity index is 338. The van der Waals surface area contributed by atoms with Crippen molar-refractivity contribution in [1.29, 1.82) is 0 Å². The quantitative estimate of drug-likeness (QED) is 0.783. The highest BCUT2D eigenvalue weighted by Gasteiger charge is 2.41. The predicted molar refractivity (Wildman–Crippen MR) is 85.6 cm³/mol. The lowest BCUT2D eigenvalue weighted by Gasteiger charge is -2.34. The second kappa shape index (κ2) is 7.59. The van der Waals surface area contributed by atoms with Crippen LogP contribution < -0.4 is 5.32 Å². The molecule has 122 valence electrons. The summed E-state index contributed by atoms with van der Waals surface area (Å²) in [5.74, 6) is -0.641. The number of carbonyl (C=O) groups is 1. The van der Waals surface area contributed by atoms with Crippen molar-refractivity contribution in [1.82, 2.24) is 10.2 Å². The second-order valence-corrected chi connectivity index (χ2v) is 7.20. The van der Waals surface area contributed by atoms with Crippen molar-refractivity contribution in [2.75, 3.05) is 13.1 Å². The normalized spacial score (nSPS) is 30.0. The molecule has 4 heteroatoms. The third-order valence-corrected chi connectivity index (χ3v) is 5.35. The van der Waals surface area contributed by atoms with Gasteiger partial charge in [0.05, 0.1) is 0 Å². The molecular weight excluding hydrogens is 264 g/mol. The summed E-state index contributed by atoms with van der Waals surface area (Å²) in [7, 11) is 0. The molecular formula is C17H32N2O2. The SMILES string of the molecule is CC(C)N1CCCC(NC2CCCCCC2)(C(=O)O)CC1. The van der Waals surface area contributed by atoms with E-state index in [-0.39, 0.29) is 0 Å². The van der Waals surface area contributed by atoms with Gasteiger partial charge in [0.2, 0.25) is 0 Å². The van der Waals surface area contributed by atoms with Gasteiger partial charge in [-0.05, 0) is 52.5 Å². The largest absolute Gasteiger partial charge is 0.480 e. The van der Waals surface area contributed by atoms with Gasteiger partial charge in [0.25, 0.3) is 0 Å². The number of carboxylic acids is 1. The molecule has 2 N–H and O–H groups in total. The topological polar surface area (TPSA) is 52.6 Å². The molecule has 0 amide bonds. The lowest BCUT2D eigenvalue weighted by Crippen LogP contribution is -2.56. The number of likely N-dealkylation sites (tertiary alicyclic amines) is 1. The maximum Gasteiger partial charge on any atom is 0.323 e. The highest BCUT2D eigenvalue weighted by molar-refractivity contribution is 5.79. The summed E-state index contributed by atoms with van der Waals surface area (Å²) in [5, 5.41) is 13.4. The first-order valence-electron chi connectivity index (χ1n) is 8.79. The molecule has 1 aliphatic heterocycles. The Morgan fingerprint density at radius 2 is 1.76 bits per heavy atom. The molecule has 2 rings (SSSR count). The van der Waals surface area contributed by atoms with E-state index in [0.29, 0.717) is 12.1 Å². The average Bonchev–Trinajstić information content (AvgIpc) is 2.80. The number of nitrogens with one attached hydrogen (secondary N) is 1. The van der Waals surface area contributed by atoms with Crippen molar-refractivity contribution in [2.45, 2.75) is 89.3 Å². The molecule has 2 aliphatic rings. The Hall–Kier alpha value is -0.610. The third-order valence-electron chi connectivity index (χ3n) is 5.35. The van der Waals surface area contributed by atoms with Crippen LogP contribution in [0.15, 0.2) is 0 Å². The van der Waals surface area contributed by atoms with Gasteiger partial charge in [0, 0.05) is 18.6 Å². The lowest BCUT2D eigenvalue weighted by atomic mass is 9.88. The van der Waals surface area contributed by atoms with Gasteiger partial charge in [-0.2, -0.15) is 0 Å². The number of hydrogen-bond donors (Lipinski definition) is 2. The van der Waals surface area contributed by atoms with Gasteiger partial charge in [-0.25, -0.2) is 0 Å². The van der Waals surface area contributed by atoms with Gasteiger partial charge >= 0.3 is 5.97 Å². The molecule has 1 heterocycles. The molecule has 21 heavy (non-hydrogen) atoms. The van der Waals surface area contributed by atoms with Gasteiger partial charge in [-0.15, -0.1) is 0 Å². The second-order valence-electron chi connectivity index (χ2n) is 7.20. The molecule has 4 nitrogen and oxygen atoms in total. The number of carboxylic acid groups (broad SMARTS) is 1. The number of hydrogen-bond acceptors (Lipinski definition) is 3. The van der Waals surface area contributed by atoms with Crippen LogP contribution >= 0.6 is 0 Å². The van der Waals surface area contributed by atoms with Crippen LogP contribution in [-0.2, 0) is 4.79 Å². The molecule has 0 aromatic heterocycles. The molecule has 1 atom stereocenters. The van der Waals surface area contributed by atoms with Crippen LogP contribution in [0.2, 0.25) is 0 Å². The molecule has 1 aliphatic carbocycles. The van der Waals surface area contributed by atoms with Crippen LogP contribution in [0.25, 0.3) is 0 Å². The van der Waals surface area contributed by atoms with E-state index in [4.69, 9.17) is 0 Å². The predicted octanol–water partition coefficient (Wildman–Crippen LogP) is 3.02. The fourth-order valence-electron chi connectivity index (χ4n) is 3.91. The summed E-state index contributed by atoms with van der Waals surface area (Å²) in [6.45, 7) is 6.32. The van der Waals surface area contributed by atoms with Crippen molar-refractivity contribution in [3.05, 3.63) is 0 Å². The van der Waals surface area contributed by atoms with Crippen LogP contribution in [-0.4, -0.2) is 46.7 Å². The Morgan fingerprint density at radius 3 is 2.33 bits per heavy atom. The lowest BCUT2D eigenvalue weighted by molar-refractivity contribution is -0.146. The first-order chi connectivity index (χ1) is 10.0. The van der Waals surface area contributed by atoms with E-state index < -0.39 is 11.5 Å². The van der Waals surface area contributed by atoms with E-state index in [9.17, 15) is 9.90 Å². The minimum absolute atomic E-state index is 0.397. The van der Waals surface area contributed by atoms with E-state index in [1.54, 1.807) is 0 Å². The van der Waals surface area contributed by atoms with E-state index in [2.05, 4.69) is 24.1 Å². The summed E-state index contributed by atoms with van der Waals surface area (Å²) in [5.41, 5.74) is -0.696. The summed E-state index contributed by atoms with van der Waals surface area (Å²) in [4.78, 5) is 14.4. The molecule has 0 bridgehead atoms. The minimum Gasteiger partial charge on any atom is -0.480 e. The highest BCUT2D eigenvalue weighted by Crippen LogP contribution is 2.27. The summed E-state index contributed by atoms with van der Waals surface area (Å²) >= 11 is 0. The Kier molecular flexibility index (Phi) is 6.06. The smallest absolute Gasteiger partial charge is 0.323 e. The maximum atomic E-state index is 12.0. The first-order valence-corrected chi connectivity index (χ1v) is 8.79. The van der Waals surface area contributed by atoms with Crippen molar-refractivity contribution in [3.63, 3.8) is 0 Å². The van der Waals surface area contributed by atoms with Crippen LogP contribution in [0.5, 0.6) is 0 Å². The minimum atomic E-state index is -0.696. The highest BCUT2D eigenvalue weighted by atomic mass is 16.4. The van der Waals surface area contributed by atoms with Crippen LogP contribution in [0.3, 0.4) is 0 Å². The molecule has 1 unspecified atom stereocenters. The summed E-state index contributed by atoms with van der Waals surface area (Å²) in [6, 6.07) is 0.904. The van der Waals surface area contributed by atoms with Crippen LogP contribution in [0, 0.1) is 0 Å². The molecule has 2 fully saturated rings. The van der Waals surface area contributed by atoms with Crippen molar-refractivity contribution >= 4 is 5.97 Å². The van der Waals surface area contributed by atoms with Gasteiger partial charge in [0.15, 0.2) is 0 Å². The van der Waals surface area contributed by atoms with E-state index in [0.717, 1.165) is 45.2 Å². The number of aliphatic carboxylic acids is 1. The van der Waals surface area contributed by atoms with Crippen molar-refractivity contribution in [3.8, 4) is 0 Å². The zero-order valence-electron chi connectivity index (χ0n) is 13.7. The molecule has 0 aromatic rings. The average molecular weight is 296 g/mol. The Morgan fingerprint density at radius 1 is 1.10 bits per heavy atom. The first kappa shape index (κ1) is 16.8. The van der Waals surface area contributed by atoms with Crippen molar-refractivity contribution in [2.24, 2.45) is 0 Å². The standard InChI is InChI=1S/C17H32N2O2/c1-14(2)19-12-7-10-17(11-13-19,16(20)21)18-15-8-5-3-4-6-9-15/h14-15,18H,3-13H2,1-2H3,(H,20,21). The molecule has 1 saturated heterocycles. The van der Waals surface area contributed by atoms with Crippen LogP contribution in [0.1, 0.15) is 71.6 Å². The fraction of sp³-hybridized carbons (Fsp3) is 0.941. The summed E-state index contributed by atoms with van der Waals surface area (Å²) < 4.78 is 0. The molecule has 0 aromatic carbocycles. The zero-order valence-corrected chi connectivity index (χ0v) is 13.7. The fourth-order valence-corrected chi connectivity index (χ4v) is 3.91. The monoisotopic (exact) mass is 296 g/mol. The van der Waals surface area contributed by atoms with E-state index in [1.165, 1.54) is 25.7 Å². The van der Waals surface area contributed by atoms with Crippen LogP contribution in [0.4, 0.5) is 0 Å².